The highest BCUT2D eigenvalue weighted by atomic mass is 19.4. The molecule has 2 aromatic heterocycles. The van der Waals surface area contributed by atoms with Gasteiger partial charge in [-0.1, -0.05) is 6.07 Å². The summed E-state index contributed by atoms with van der Waals surface area (Å²) in [7, 11) is 0. The van der Waals surface area contributed by atoms with Crippen molar-refractivity contribution >= 4 is 17.4 Å². The van der Waals surface area contributed by atoms with Gasteiger partial charge in [0.15, 0.2) is 0 Å². The summed E-state index contributed by atoms with van der Waals surface area (Å²) < 4.78 is 38.7. The van der Waals surface area contributed by atoms with Gasteiger partial charge in [0.25, 0.3) is 0 Å². The molecular formula is C21H17F3N4O. The zero-order chi connectivity index (χ0) is 20.6. The van der Waals surface area contributed by atoms with E-state index in [1.54, 1.807) is 24.4 Å². The van der Waals surface area contributed by atoms with Gasteiger partial charge in [0, 0.05) is 36.4 Å². The van der Waals surface area contributed by atoms with Crippen molar-refractivity contribution in [2.24, 2.45) is 5.73 Å². The molecule has 0 saturated carbocycles. The SMILES string of the molecule is NC(=O)c1cccc2c1CCN2c1cc(Cc2cncc(C(F)(F)F)c2)ccn1. The highest BCUT2D eigenvalue weighted by molar-refractivity contribution is 5.96. The molecule has 8 heteroatoms. The van der Waals surface area contributed by atoms with Crippen molar-refractivity contribution in [3.05, 3.63) is 82.8 Å². The Kier molecular flexibility index (Phi) is 4.70. The summed E-state index contributed by atoms with van der Waals surface area (Å²) in [6.07, 6.45) is 0.413. The van der Waals surface area contributed by atoms with Crippen LogP contribution in [0.5, 0.6) is 0 Å². The first-order valence-electron chi connectivity index (χ1n) is 8.98. The number of hydrogen-bond acceptors (Lipinski definition) is 4. The van der Waals surface area contributed by atoms with Gasteiger partial charge >= 0.3 is 6.18 Å². The summed E-state index contributed by atoms with van der Waals surface area (Å²) in [5.74, 6) is 0.199. The van der Waals surface area contributed by atoms with E-state index >= 15 is 0 Å². The first-order valence-corrected chi connectivity index (χ1v) is 8.98. The average Bonchev–Trinajstić information content (AvgIpc) is 3.12. The number of primary amides is 1. The van der Waals surface area contributed by atoms with Gasteiger partial charge in [-0.2, -0.15) is 13.2 Å². The Morgan fingerprint density at radius 3 is 2.72 bits per heavy atom. The molecule has 2 N–H and O–H groups in total. The van der Waals surface area contributed by atoms with Gasteiger partial charge in [-0.05, 0) is 59.9 Å². The summed E-state index contributed by atoms with van der Waals surface area (Å²) >= 11 is 0. The molecule has 0 fully saturated rings. The van der Waals surface area contributed by atoms with Crippen molar-refractivity contribution in [1.82, 2.24) is 9.97 Å². The quantitative estimate of drug-likeness (QED) is 0.724. The lowest BCUT2D eigenvalue weighted by atomic mass is 10.0. The third kappa shape index (κ3) is 3.78. The highest BCUT2D eigenvalue weighted by Gasteiger charge is 2.31. The van der Waals surface area contributed by atoms with Crippen LogP contribution in [0.1, 0.15) is 32.6 Å². The number of nitrogens with two attached hydrogens (primary N) is 1. The van der Waals surface area contributed by atoms with Gasteiger partial charge in [-0.3, -0.25) is 9.78 Å². The molecule has 3 heterocycles. The zero-order valence-corrected chi connectivity index (χ0v) is 15.3. The number of fused-ring (bicyclic) bond motifs is 1. The first-order chi connectivity index (χ1) is 13.8. The lowest BCUT2D eigenvalue weighted by molar-refractivity contribution is -0.137. The van der Waals surface area contributed by atoms with E-state index < -0.39 is 17.6 Å². The lowest BCUT2D eigenvalue weighted by Gasteiger charge is -2.19. The van der Waals surface area contributed by atoms with Crippen LogP contribution in [0.3, 0.4) is 0 Å². The summed E-state index contributed by atoms with van der Waals surface area (Å²) in [5.41, 5.74) is 8.23. The van der Waals surface area contributed by atoms with Crippen LogP contribution in [-0.2, 0) is 19.0 Å². The standard InChI is InChI=1S/C21H17F3N4O/c22-21(23,24)15-9-14(11-26-12-15)8-13-4-6-27-19(10-13)28-7-5-16-17(20(25)29)2-1-3-18(16)28/h1-4,6,9-12H,5,7-8H2,(H2,25,29). The molecule has 0 radical (unpaired) electrons. The van der Waals surface area contributed by atoms with Crippen molar-refractivity contribution in [3.8, 4) is 0 Å². The Morgan fingerprint density at radius 1 is 1.14 bits per heavy atom. The fraction of sp³-hybridized carbons (Fsp3) is 0.190. The largest absolute Gasteiger partial charge is 0.417 e. The second-order valence-electron chi connectivity index (χ2n) is 6.85. The lowest BCUT2D eigenvalue weighted by Crippen LogP contribution is -2.15. The number of pyridine rings is 2. The van der Waals surface area contributed by atoms with Gasteiger partial charge in [-0.15, -0.1) is 0 Å². The number of hydrogen-bond donors (Lipinski definition) is 1. The molecule has 0 atom stereocenters. The van der Waals surface area contributed by atoms with Crippen LogP contribution < -0.4 is 10.6 Å². The summed E-state index contributed by atoms with van der Waals surface area (Å²) in [6.45, 7) is 0.640. The van der Waals surface area contributed by atoms with Crippen molar-refractivity contribution < 1.29 is 18.0 Å². The van der Waals surface area contributed by atoms with Crippen LogP contribution in [-0.4, -0.2) is 22.4 Å². The van der Waals surface area contributed by atoms with E-state index in [4.69, 9.17) is 5.73 Å². The summed E-state index contributed by atoms with van der Waals surface area (Å²) in [6, 6.07) is 10.1. The predicted octanol–water partition coefficient (Wildman–Crippen LogP) is 3.88. The molecule has 0 spiro atoms. The number of rotatable bonds is 4. The summed E-state index contributed by atoms with van der Waals surface area (Å²) in [5, 5.41) is 0. The number of aromatic nitrogens is 2. The third-order valence-electron chi connectivity index (χ3n) is 4.91. The minimum Gasteiger partial charge on any atom is -0.366 e. The number of carbonyl (C=O) groups is 1. The molecule has 3 aromatic rings. The fourth-order valence-electron chi connectivity index (χ4n) is 3.60. The molecule has 5 nitrogen and oxygen atoms in total. The Hall–Kier alpha value is -3.42. The van der Waals surface area contributed by atoms with Crippen LogP contribution in [0.4, 0.5) is 24.7 Å². The van der Waals surface area contributed by atoms with E-state index in [9.17, 15) is 18.0 Å². The molecule has 1 aliphatic rings. The van der Waals surface area contributed by atoms with Crippen molar-refractivity contribution in [3.63, 3.8) is 0 Å². The fourth-order valence-corrected chi connectivity index (χ4v) is 3.60. The first kappa shape index (κ1) is 18.9. The zero-order valence-electron chi connectivity index (χ0n) is 15.3. The Labute approximate surface area is 165 Å². The third-order valence-corrected chi connectivity index (χ3v) is 4.91. The Balaban J connectivity index is 1.62. The molecule has 0 saturated heterocycles. The number of nitrogens with zero attached hydrogens (tertiary/aromatic N) is 3. The van der Waals surface area contributed by atoms with Gasteiger partial charge in [-0.25, -0.2) is 4.98 Å². The Bertz CT molecular complexity index is 1080. The van der Waals surface area contributed by atoms with E-state index in [2.05, 4.69) is 9.97 Å². The smallest absolute Gasteiger partial charge is 0.366 e. The minimum absolute atomic E-state index is 0.300. The van der Waals surface area contributed by atoms with Gasteiger partial charge < -0.3 is 10.6 Å². The number of carbonyl (C=O) groups excluding carboxylic acids is 1. The van der Waals surface area contributed by atoms with Gasteiger partial charge in [0.05, 0.1) is 5.56 Å². The molecule has 1 aliphatic heterocycles. The maximum absolute atomic E-state index is 12.9. The van der Waals surface area contributed by atoms with E-state index in [1.165, 1.54) is 6.20 Å². The van der Waals surface area contributed by atoms with Crippen LogP contribution in [0.2, 0.25) is 0 Å². The second kappa shape index (κ2) is 7.20. The maximum atomic E-state index is 12.9. The average molecular weight is 398 g/mol. The number of halogens is 3. The van der Waals surface area contributed by atoms with Gasteiger partial charge in [0.1, 0.15) is 5.82 Å². The van der Waals surface area contributed by atoms with Crippen molar-refractivity contribution in [1.29, 1.82) is 0 Å². The molecular weight excluding hydrogens is 381 g/mol. The van der Waals surface area contributed by atoms with Crippen molar-refractivity contribution in [2.75, 3.05) is 11.4 Å². The predicted molar refractivity (Wildman–Crippen MR) is 102 cm³/mol. The van der Waals surface area contributed by atoms with E-state index in [0.29, 0.717) is 36.3 Å². The molecule has 4 rings (SSSR count). The maximum Gasteiger partial charge on any atom is 0.417 e. The normalized spacial score (nSPS) is 13.4. The molecule has 1 amide bonds. The van der Waals surface area contributed by atoms with Gasteiger partial charge in [0.2, 0.25) is 5.91 Å². The highest BCUT2D eigenvalue weighted by Crippen LogP contribution is 2.36. The molecule has 148 valence electrons. The second-order valence-corrected chi connectivity index (χ2v) is 6.85. The number of alkyl halides is 3. The number of amides is 1. The monoisotopic (exact) mass is 398 g/mol. The molecule has 1 aromatic carbocycles. The molecule has 0 bridgehead atoms. The molecule has 29 heavy (non-hydrogen) atoms. The Morgan fingerprint density at radius 2 is 1.97 bits per heavy atom. The van der Waals surface area contributed by atoms with Crippen LogP contribution in [0.15, 0.2) is 55.0 Å². The summed E-state index contributed by atoms with van der Waals surface area (Å²) in [4.78, 5) is 21.8. The number of anilines is 2. The van der Waals surface area contributed by atoms with Crippen molar-refractivity contribution in [2.45, 2.75) is 19.0 Å². The molecule has 0 aliphatic carbocycles. The van der Waals surface area contributed by atoms with E-state index in [0.717, 1.165) is 29.1 Å². The minimum atomic E-state index is -4.43. The van der Waals surface area contributed by atoms with Crippen LogP contribution in [0, 0.1) is 0 Å². The topological polar surface area (TPSA) is 72.1 Å². The van der Waals surface area contributed by atoms with E-state index in [1.807, 2.05) is 17.0 Å². The van der Waals surface area contributed by atoms with Crippen LogP contribution >= 0.6 is 0 Å². The van der Waals surface area contributed by atoms with E-state index in [-0.39, 0.29) is 0 Å². The molecule has 0 unspecified atom stereocenters. The number of benzene rings is 1. The van der Waals surface area contributed by atoms with Crippen LogP contribution in [0.25, 0.3) is 0 Å².